The summed E-state index contributed by atoms with van der Waals surface area (Å²) in [5, 5.41) is 2.67. The number of nitrogens with zero attached hydrogens (tertiary/aromatic N) is 2. The highest BCUT2D eigenvalue weighted by atomic mass is 32.1. The van der Waals surface area contributed by atoms with Crippen LogP contribution in [0, 0.1) is 0 Å². The van der Waals surface area contributed by atoms with Crippen molar-refractivity contribution in [2.45, 2.75) is 19.3 Å². The molecular formula is C28H24N2O3S. The van der Waals surface area contributed by atoms with Crippen molar-refractivity contribution in [1.29, 1.82) is 0 Å². The molecule has 1 aliphatic rings. The number of thiophene rings is 1. The molecule has 4 aromatic rings. The number of para-hydroxylation sites is 2. The van der Waals surface area contributed by atoms with Gasteiger partial charge in [-0.3, -0.25) is 4.79 Å². The summed E-state index contributed by atoms with van der Waals surface area (Å²) in [7, 11) is 1.95. The van der Waals surface area contributed by atoms with Gasteiger partial charge >= 0.3 is 5.97 Å². The van der Waals surface area contributed by atoms with E-state index in [-0.39, 0.29) is 17.8 Å². The molecule has 5 nitrogen and oxygen atoms in total. The van der Waals surface area contributed by atoms with Crippen LogP contribution in [0.4, 0.5) is 5.69 Å². The summed E-state index contributed by atoms with van der Waals surface area (Å²) in [4.78, 5) is 33.6. The van der Waals surface area contributed by atoms with Crippen LogP contribution < -0.4 is 4.90 Å². The van der Waals surface area contributed by atoms with Crippen LogP contribution in [0.3, 0.4) is 0 Å². The summed E-state index contributed by atoms with van der Waals surface area (Å²) in [6, 6.07) is 21.2. The van der Waals surface area contributed by atoms with Crippen molar-refractivity contribution < 1.29 is 14.3 Å². The fourth-order valence-corrected chi connectivity index (χ4v) is 5.25. The topological polar surface area (TPSA) is 59.5 Å². The number of anilines is 1. The Kier molecular flexibility index (Phi) is 5.54. The van der Waals surface area contributed by atoms with Crippen LogP contribution in [0.2, 0.25) is 0 Å². The molecule has 5 rings (SSSR count). The minimum atomic E-state index is -0.537. The van der Waals surface area contributed by atoms with E-state index in [4.69, 9.17) is 4.74 Å². The number of pyridine rings is 1. The molecule has 0 N–H and O–H groups in total. The zero-order valence-corrected chi connectivity index (χ0v) is 20.1. The number of hydrogen-bond donors (Lipinski definition) is 0. The summed E-state index contributed by atoms with van der Waals surface area (Å²) in [5.74, 6) is -0.793. The first kappa shape index (κ1) is 22.0. The SMILES string of the molecule is CN1/C(=C\C(=O)COC(=O)c2cc(-c3cccs3)nc3ccccc23)C(C)(C)c2ccccc21. The van der Waals surface area contributed by atoms with Crippen LogP contribution in [-0.2, 0) is 14.9 Å². The molecule has 0 fully saturated rings. The summed E-state index contributed by atoms with van der Waals surface area (Å²) in [6.07, 6.45) is 1.59. The van der Waals surface area contributed by atoms with Gasteiger partial charge in [-0.2, -0.15) is 0 Å². The number of hydrogen-bond acceptors (Lipinski definition) is 6. The van der Waals surface area contributed by atoms with Crippen molar-refractivity contribution in [1.82, 2.24) is 4.98 Å². The van der Waals surface area contributed by atoms with E-state index in [1.165, 1.54) is 0 Å². The second-order valence-electron chi connectivity index (χ2n) is 8.82. The normalized spacial score (nSPS) is 15.5. The highest BCUT2D eigenvalue weighted by Crippen LogP contribution is 2.46. The van der Waals surface area contributed by atoms with Gasteiger partial charge in [0, 0.05) is 35.3 Å². The molecule has 0 spiro atoms. The molecule has 2 aromatic heterocycles. The van der Waals surface area contributed by atoms with Gasteiger partial charge in [0.25, 0.3) is 0 Å². The van der Waals surface area contributed by atoms with Crippen molar-refractivity contribution in [3.05, 3.63) is 95.0 Å². The summed E-state index contributed by atoms with van der Waals surface area (Å²) < 4.78 is 5.49. The number of carbonyl (C=O) groups excluding carboxylic acids is 2. The lowest BCUT2D eigenvalue weighted by molar-refractivity contribution is -0.117. The number of esters is 1. The average molecular weight is 469 g/mol. The molecule has 0 aliphatic carbocycles. The fourth-order valence-electron chi connectivity index (χ4n) is 4.56. The summed E-state index contributed by atoms with van der Waals surface area (Å²) >= 11 is 1.55. The van der Waals surface area contributed by atoms with E-state index in [0.717, 1.165) is 21.8 Å². The van der Waals surface area contributed by atoms with Crippen LogP contribution >= 0.6 is 11.3 Å². The molecule has 0 radical (unpaired) electrons. The number of ketones is 1. The van der Waals surface area contributed by atoms with Gasteiger partial charge in [0.15, 0.2) is 12.4 Å². The highest BCUT2D eigenvalue weighted by Gasteiger charge is 2.38. The van der Waals surface area contributed by atoms with E-state index in [9.17, 15) is 9.59 Å². The van der Waals surface area contributed by atoms with Gasteiger partial charge in [0.1, 0.15) is 0 Å². The Bertz CT molecular complexity index is 1440. The van der Waals surface area contributed by atoms with Crippen molar-refractivity contribution in [2.24, 2.45) is 0 Å². The molecule has 6 heteroatoms. The van der Waals surface area contributed by atoms with Gasteiger partial charge in [0.2, 0.25) is 0 Å². The predicted octanol–water partition coefficient (Wildman–Crippen LogP) is 6.00. The lowest BCUT2D eigenvalue weighted by atomic mass is 9.83. The third-order valence-corrected chi connectivity index (χ3v) is 7.19. The largest absolute Gasteiger partial charge is 0.454 e. The van der Waals surface area contributed by atoms with Gasteiger partial charge in [-0.25, -0.2) is 9.78 Å². The van der Waals surface area contributed by atoms with Crippen molar-refractivity contribution >= 4 is 39.7 Å². The van der Waals surface area contributed by atoms with E-state index in [0.29, 0.717) is 22.2 Å². The number of carbonyl (C=O) groups is 2. The molecule has 0 amide bonds. The second-order valence-corrected chi connectivity index (χ2v) is 9.77. The van der Waals surface area contributed by atoms with Crippen molar-refractivity contribution in [3.63, 3.8) is 0 Å². The molecule has 0 atom stereocenters. The molecule has 170 valence electrons. The number of rotatable bonds is 5. The second kappa shape index (κ2) is 8.54. The van der Waals surface area contributed by atoms with Crippen LogP contribution in [0.15, 0.2) is 83.9 Å². The van der Waals surface area contributed by atoms with Crippen molar-refractivity contribution in [3.8, 4) is 10.6 Å². The van der Waals surface area contributed by atoms with Gasteiger partial charge in [0.05, 0.1) is 21.7 Å². The van der Waals surface area contributed by atoms with Crippen LogP contribution in [0.25, 0.3) is 21.5 Å². The number of ether oxygens (including phenoxy) is 1. The van der Waals surface area contributed by atoms with Crippen LogP contribution in [0.5, 0.6) is 0 Å². The fraction of sp³-hybridized carbons (Fsp3) is 0.179. The van der Waals surface area contributed by atoms with E-state index < -0.39 is 5.97 Å². The molecule has 0 saturated heterocycles. The van der Waals surface area contributed by atoms with Gasteiger partial charge in [-0.15, -0.1) is 11.3 Å². The molecule has 0 saturated carbocycles. The minimum absolute atomic E-state index is 0.257. The van der Waals surface area contributed by atoms with Crippen molar-refractivity contribution in [2.75, 3.05) is 18.6 Å². The quantitative estimate of drug-likeness (QED) is 0.266. The van der Waals surface area contributed by atoms with Gasteiger partial charge in [-0.1, -0.05) is 56.3 Å². The number of benzene rings is 2. The first-order valence-electron chi connectivity index (χ1n) is 11.1. The molecule has 2 aromatic carbocycles. The third kappa shape index (κ3) is 3.80. The van der Waals surface area contributed by atoms with E-state index in [1.807, 2.05) is 71.9 Å². The standard InChI is InChI=1S/C28H24N2O3S/c1-28(2)21-10-5-7-12-24(21)30(3)26(28)15-18(31)17-33-27(32)20-16-23(25-13-8-14-34-25)29-22-11-6-4-9-19(20)22/h4-16H,17H2,1-3H3/b26-15-. The number of allylic oxidation sites excluding steroid dienone is 1. The van der Waals surface area contributed by atoms with E-state index in [1.54, 1.807) is 23.5 Å². The minimum Gasteiger partial charge on any atom is -0.454 e. The maximum Gasteiger partial charge on any atom is 0.339 e. The van der Waals surface area contributed by atoms with Crippen LogP contribution in [0.1, 0.15) is 29.8 Å². The first-order valence-corrected chi connectivity index (χ1v) is 11.9. The first-order chi connectivity index (χ1) is 16.4. The Hall–Kier alpha value is -3.77. The molecule has 3 heterocycles. The maximum absolute atomic E-state index is 13.1. The van der Waals surface area contributed by atoms with E-state index in [2.05, 4.69) is 24.9 Å². The Morgan fingerprint density at radius 1 is 1.06 bits per heavy atom. The third-order valence-electron chi connectivity index (χ3n) is 6.29. The van der Waals surface area contributed by atoms with Gasteiger partial charge < -0.3 is 9.64 Å². The lowest BCUT2D eigenvalue weighted by Gasteiger charge is -2.23. The monoisotopic (exact) mass is 468 g/mol. The molecule has 0 bridgehead atoms. The number of aromatic nitrogens is 1. The average Bonchev–Trinajstić information content (AvgIpc) is 3.45. The Balaban J connectivity index is 1.39. The van der Waals surface area contributed by atoms with Crippen LogP contribution in [-0.4, -0.2) is 30.4 Å². The molecule has 34 heavy (non-hydrogen) atoms. The Morgan fingerprint density at radius 2 is 1.82 bits per heavy atom. The summed E-state index contributed by atoms with van der Waals surface area (Å²) in [5.41, 5.74) is 4.62. The highest BCUT2D eigenvalue weighted by molar-refractivity contribution is 7.13. The summed E-state index contributed by atoms with van der Waals surface area (Å²) in [6.45, 7) is 3.86. The molecule has 0 unspecified atom stereocenters. The smallest absolute Gasteiger partial charge is 0.339 e. The molecular weight excluding hydrogens is 444 g/mol. The lowest BCUT2D eigenvalue weighted by Crippen LogP contribution is -2.25. The maximum atomic E-state index is 13.1. The zero-order chi connectivity index (χ0) is 23.9. The Morgan fingerprint density at radius 3 is 2.59 bits per heavy atom. The zero-order valence-electron chi connectivity index (χ0n) is 19.2. The number of likely N-dealkylation sites (N-methyl/N-ethyl adjacent to an activating group) is 1. The predicted molar refractivity (Wildman–Crippen MR) is 136 cm³/mol. The van der Waals surface area contributed by atoms with Gasteiger partial charge in [-0.05, 0) is 35.2 Å². The molecule has 1 aliphatic heterocycles. The Labute approximate surface area is 202 Å². The number of fused-ring (bicyclic) bond motifs is 2. The van der Waals surface area contributed by atoms with E-state index >= 15 is 0 Å².